The van der Waals surface area contributed by atoms with Crippen LogP contribution in [0.15, 0.2) is 48.7 Å². The molecule has 4 heterocycles. The topological polar surface area (TPSA) is 131 Å². The molecule has 11 heteroatoms. The number of nitrogens with one attached hydrogen (secondary N) is 3. The average molecular weight is 462 g/mol. The van der Waals surface area contributed by atoms with E-state index in [1.54, 1.807) is 6.20 Å². The van der Waals surface area contributed by atoms with Crippen LogP contribution in [0, 0.1) is 0 Å². The second-order valence-corrected chi connectivity index (χ2v) is 8.21. The number of nitrogens with zero attached hydrogens (tertiary/aromatic N) is 4. The van der Waals surface area contributed by atoms with Crippen LogP contribution in [-0.2, 0) is 24.3 Å². The van der Waals surface area contributed by atoms with E-state index in [1.165, 1.54) is 16.1 Å². The van der Waals surface area contributed by atoms with Crippen LogP contribution in [0.1, 0.15) is 32.5 Å². The summed E-state index contributed by atoms with van der Waals surface area (Å²) in [4.78, 5) is 46.4. The molecule has 1 aromatic carbocycles. The predicted molar refractivity (Wildman–Crippen MR) is 122 cm³/mol. The molecule has 0 saturated heterocycles. The van der Waals surface area contributed by atoms with Crippen molar-refractivity contribution in [2.45, 2.75) is 19.5 Å². The number of aromatic nitrogens is 4. The Labute approximate surface area is 192 Å². The second-order valence-electron chi connectivity index (χ2n) is 7.40. The maximum absolute atomic E-state index is 12.9. The van der Waals surface area contributed by atoms with Crippen LogP contribution in [0.2, 0.25) is 0 Å². The minimum Gasteiger partial charge on any atom is -0.349 e. The van der Waals surface area contributed by atoms with E-state index in [2.05, 4.69) is 30.3 Å². The van der Waals surface area contributed by atoms with E-state index < -0.39 is 11.8 Å². The molecule has 166 valence electrons. The third-order valence-electron chi connectivity index (χ3n) is 5.25. The lowest BCUT2D eigenvalue weighted by molar-refractivity contribution is -0.122. The van der Waals surface area contributed by atoms with Gasteiger partial charge in [0.15, 0.2) is 5.82 Å². The molecule has 4 aromatic rings. The zero-order chi connectivity index (χ0) is 22.8. The molecule has 0 atom stereocenters. The highest BCUT2D eigenvalue weighted by atomic mass is 32.1. The number of carbonyl (C=O) groups is 3. The summed E-state index contributed by atoms with van der Waals surface area (Å²) in [6.45, 7) is 0.456. The molecular formula is C22H19N7O3S. The molecule has 0 spiro atoms. The first kappa shape index (κ1) is 20.8. The monoisotopic (exact) mass is 461 g/mol. The van der Waals surface area contributed by atoms with Crippen molar-refractivity contribution in [1.29, 1.82) is 0 Å². The van der Waals surface area contributed by atoms with Gasteiger partial charge in [0, 0.05) is 30.2 Å². The Balaban J connectivity index is 1.37. The molecule has 33 heavy (non-hydrogen) atoms. The van der Waals surface area contributed by atoms with Crippen LogP contribution in [0.25, 0.3) is 10.1 Å². The Morgan fingerprint density at radius 3 is 2.82 bits per heavy atom. The van der Waals surface area contributed by atoms with Crippen LogP contribution in [0.3, 0.4) is 0 Å². The maximum Gasteiger partial charge on any atom is 0.287 e. The highest BCUT2D eigenvalue weighted by Crippen LogP contribution is 2.25. The van der Waals surface area contributed by atoms with E-state index in [0.29, 0.717) is 24.4 Å². The second kappa shape index (κ2) is 8.79. The Bertz CT molecular complexity index is 1360. The summed E-state index contributed by atoms with van der Waals surface area (Å²) < 4.78 is 6.70. The van der Waals surface area contributed by atoms with Gasteiger partial charge in [0.1, 0.15) is 12.2 Å². The van der Waals surface area contributed by atoms with Crippen molar-refractivity contribution in [3.63, 3.8) is 0 Å². The Kier molecular flexibility index (Phi) is 5.53. The molecule has 1 aliphatic heterocycles. The molecule has 3 aromatic heterocycles. The standard InChI is InChI=1S/C22H19N7O3S/c30-17-12-29-15(11-25-17)19(27-21(31)18-14-6-1-2-7-16(14)33-28-18)26-20(29)22(32)24-10-8-13-5-3-4-9-23-13/h1-7,9H,8,10-12H2,(H,24,32)(H,25,30)(H,27,31). The van der Waals surface area contributed by atoms with Gasteiger partial charge in [-0.15, -0.1) is 0 Å². The molecule has 1 aliphatic rings. The van der Waals surface area contributed by atoms with Crippen molar-refractivity contribution in [2.24, 2.45) is 0 Å². The molecular weight excluding hydrogens is 442 g/mol. The highest BCUT2D eigenvalue weighted by Gasteiger charge is 2.28. The first-order chi connectivity index (χ1) is 16.1. The van der Waals surface area contributed by atoms with Gasteiger partial charge in [0.2, 0.25) is 11.7 Å². The summed E-state index contributed by atoms with van der Waals surface area (Å²) in [5.74, 6) is -0.786. The quantitative estimate of drug-likeness (QED) is 0.401. The normalized spacial score (nSPS) is 12.8. The summed E-state index contributed by atoms with van der Waals surface area (Å²) in [6.07, 6.45) is 2.25. The molecule has 0 aliphatic carbocycles. The lowest BCUT2D eigenvalue weighted by Gasteiger charge is -2.17. The molecule has 10 nitrogen and oxygen atoms in total. The van der Waals surface area contributed by atoms with Gasteiger partial charge in [-0.2, -0.15) is 4.37 Å². The Hall–Kier alpha value is -4.12. The van der Waals surface area contributed by atoms with Crippen LogP contribution in [0.4, 0.5) is 5.82 Å². The minimum absolute atomic E-state index is 0.0547. The Morgan fingerprint density at radius 1 is 1.12 bits per heavy atom. The largest absolute Gasteiger partial charge is 0.349 e. The fraction of sp³-hybridized carbons (Fsp3) is 0.182. The maximum atomic E-state index is 12.9. The van der Waals surface area contributed by atoms with Crippen LogP contribution in [0.5, 0.6) is 0 Å². The van der Waals surface area contributed by atoms with E-state index in [1.807, 2.05) is 42.5 Å². The number of fused-ring (bicyclic) bond motifs is 2. The minimum atomic E-state index is -0.429. The predicted octanol–water partition coefficient (Wildman–Crippen LogP) is 1.74. The lowest BCUT2D eigenvalue weighted by atomic mass is 10.2. The van der Waals surface area contributed by atoms with Gasteiger partial charge < -0.3 is 20.5 Å². The first-order valence-corrected chi connectivity index (χ1v) is 11.1. The summed E-state index contributed by atoms with van der Waals surface area (Å²) in [5, 5.41) is 9.05. The summed E-state index contributed by atoms with van der Waals surface area (Å²) in [5.41, 5.74) is 1.70. The number of rotatable bonds is 6. The number of anilines is 1. The zero-order valence-electron chi connectivity index (χ0n) is 17.4. The number of carbonyl (C=O) groups excluding carboxylic acids is 3. The van der Waals surface area contributed by atoms with E-state index in [9.17, 15) is 14.4 Å². The van der Waals surface area contributed by atoms with Crippen molar-refractivity contribution >= 4 is 45.2 Å². The van der Waals surface area contributed by atoms with Gasteiger partial charge in [-0.05, 0) is 29.7 Å². The van der Waals surface area contributed by atoms with Gasteiger partial charge in [0.25, 0.3) is 11.8 Å². The molecule has 0 fully saturated rings. The van der Waals surface area contributed by atoms with Crippen molar-refractivity contribution in [1.82, 2.24) is 29.5 Å². The van der Waals surface area contributed by atoms with Crippen molar-refractivity contribution in [3.05, 3.63) is 71.6 Å². The molecule has 0 unspecified atom stereocenters. The SMILES string of the molecule is O=C1Cn2c(C(=O)NCCc3ccccn3)nc(NC(=O)c3nsc4ccccc34)c2CN1. The molecule has 3 N–H and O–H groups in total. The van der Waals surface area contributed by atoms with Crippen molar-refractivity contribution in [2.75, 3.05) is 11.9 Å². The lowest BCUT2D eigenvalue weighted by Crippen LogP contribution is -2.37. The van der Waals surface area contributed by atoms with E-state index in [4.69, 9.17) is 0 Å². The van der Waals surface area contributed by atoms with Gasteiger partial charge in [-0.3, -0.25) is 19.4 Å². The van der Waals surface area contributed by atoms with E-state index in [0.717, 1.165) is 15.8 Å². The number of amides is 3. The number of pyridine rings is 1. The Morgan fingerprint density at radius 2 is 1.97 bits per heavy atom. The molecule has 0 saturated carbocycles. The van der Waals surface area contributed by atoms with E-state index >= 15 is 0 Å². The molecule has 3 amide bonds. The number of imidazole rings is 1. The smallest absolute Gasteiger partial charge is 0.287 e. The molecule has 0 bridgehead atoms. The molecule has 5 rings (SSSR count). The van der Waals surface area contributed by atoms with Crippen LogP contribution >= 0.6 is 11.5 Å². The van der Waals surface area contributed by atoms with Gasteiger partial charge in [-0.1, -0.05) is 24.3 Å². The van der Waals surface area contributed by atoms with Crippen molar-refractivity contribution < 1.29 is 14.4 Å². The van der Waals surface area contributed by atoms with Gasteiger partial charge in [0.05, 0.1) is 16.9 Å². The summed E-state index contributed by atoms with van der Waals surface area (Å²) in [7, 11) is 0. The van der Waals surface area contributed by atoms with E-state index in [-0.39, 0.29) is 30.6 Å². The van der Waals surface area contributed by atoms with Crippen molar-refractivity contribution in [3.8, 4) is 0 Å². The summed E-state index contributed by atoms with van der Waals surface area (Å²) in [6, 6.07) is 13.0. The van der Waals surface area contributed by atoms with Crippen LogP contribution in [-0.4, -0.2) is 43.2 Å². The van der Waals surface area contributed by atoms with Crippen LogP contribution < -0.4 is 16.0 Å². The fourth-order valence-electron chi connectivity index (χ4n) is 3.64. The first-order valence-electron chi connectivity index (χ1n) is 10.3. The fourth-order valence-corrected chi connectivity index (χ4v) is 4.41. The summed E-state index contributed by atoms with van der Waals surface area (Å²) >= 11 is 1.24. The zero-order valence-corrected chi connectivity index (χ0v) is 18.2. The third kappa shape index (κ3) is 4.17. The van der Waals surface area contributed by atoms with Gasteiger partial charge in [-0.25, -0.2) is 4.98 Å². The highest BCUT2D eigenvalue weighted by molar-refractivity contribution is 7.13. The molecule has 0 radical (unpaired) electrons. The average Bonchev–Trinajstić information content (AvgIpc) is 3.41. The number of hydrogen-bond acceptors (Lipinski definition) is 7. The number of benzene rings is 1. The van der Waals surface area contributed by atoms with Gasteiger partial charge >= 0.3 is 0 Å². The number of hydrogen-bond donors (Lipinski definition) is 3. The third-order valence-corrected chi connectivity index (χ3v) is 6.07.